The highest BCUT2D eigenvalue weighted by Crippen LogP contribution is 2.23. The molecule has 1 aromatic rings. The molecule has 0 aliphatic heterocycles. The second-order valence-electron chi connectivity index (χ2n) is 3.26. The Balaban J connectivity index is 3.09. The first-order valence-electron chi connectivity index (χ1n) is 4.66. The summed E-state index contributed by atoms with van der Waals surface area (Å²) in [6.45, 7) is 3.05. The average molecular weight is 220 g/mol. The molecule has 0 bridgehead atoms. The first kappa shape index (κ1) is 12.0. The van der Waals surface area contributed by atoms with Gasteiger partial charge in [0, 0.05) is 6.07 Å². The van der Waals surface area contributed by atoms with Gasteiger partial charge in [0.05, 0.1) is 7.11 Å². The van der Waals surface area contributed by atoms with Crippen LogP contribution < -0.4 is 9.47 Å². The number of hydrogen-bond donors (Lipinski definition) is 0. The summed E-state index contributed by atoms with van der Waals surface area (Å²) in [6.07, 6.45) is 0. The molecule has 1 heterocycles. The molecule has 0 aliphatic carbocycles. The summed E-state index contributed by atoms with van der Waals surface area (Å²) in [5, 5.41) is 8.93. The van der Waals surface area contributed by atoms with Gasteiger partial charge in [0.1, 0.15) is 18.2 Å². The number of aromatic nitrogens is 1. The van der Waals surface area contributed by atoms with E-state index in [1.165, 1.54) is 14.0 Å². The number of hydrogen-bond acceptors (Lipinski definition) is 5. The summed E-state index contributed by atoms with van der Waals surface area (Å²) in [5.74, 6) is 0.357. The van der Waals surface area contributed by atoms with Gasteiger partial charge in [0.15, 0.2) is 5.78 Å². The Morgan fingerprint density at radius 3 is 2.81 bits per heavy atom. The highest BCUT2D eigenvalue weighted by Gasteiger charge is 2.12. The van der Waals surface area contributed by atoms with E-state index in [2.05, 4.69) is 4.98 Å². The highest BCUT2D eigenvalue weighted by molar-refractivity contribution is 5.77. The molecule has 0 saturated carbocycles. The van der Waals surface area contributed by atoms with Crippen molar-refractivity contribution in [1.82, 2.24) is 4.98 Å². The van der Waals surface area contributed by atoms with Crippen LogP contribution in [0.3, 0.4) is 0 Å². The molecule has 5 nitrogen and oxygen atoms in total. The molecule has 5 heteroatoms. The van der Waals surface area contributed by atoms with Gasteiger partial charge >= 0.3 is 0 Å². The number of rotatable bonds is 4. The van der Waals surface area contributed by atoms with Gasteiger partial charge in [-0.1, -0.05) is 0 Å². The predicted molar refractivity (Wildman–Crippen MR) is 56.4 cm³/mol. The number of ether oxygens (including phenoxy) is 2. The van der Waals surface area contributed by atoms with Gasteiger partial charge in [0.25, 0.3) is 0 Å². The summed E-state index contributed by atoms with van der Waals surface area (Å²) < 4.78 is 10.1. The minimum absolute atomic E-state index is 0.103. The van der Waals surface area contributed by atoms with Crippen LogP contribution in [0.25, 0.3) is 0 Å². The predicted octanol–water partition coefficient (Wildman–Crippen LogP) is 1.24. The molecule has 1 rings (SSSR count). The third-order valence-corrected chi connectivity index (χ3v) is 1.89. The van der Waals surface area contributed by atoms with Crippen LogP contribution in [0.4, 0.5) is 0 Å². The molecular weight excluding hydrogens is 208 g/mol. The Morgan fingerprint density at radius 1 is 1.62 bits per heavy atom. The second-order valence-corrected chi connectivity index (χ2v) is 3.26. The van der Waals surface area contributed by atoms with Gasteiger partial charge in [-0.05, 0) is 19.4 Å². The van der Waals surface area contributed by atoms with Crippen LogP contribution >= 0.6 is 0 Å². The molecule has 0 N–H and O–H groups in total. The Hall–Kier alpha value is -2.09. The molecule has 0 unspecified atom stereocenters. The summed E-state index contributed by atoms with van der Waals surface area (Å²) in [4.78, 5) is 14.8. The van der Waals surface area contributed by atoms with E-state index < -0.39 is 0 Å². The fourth-order valence-corrected chi connectivity index (χ4v) is 1.13. The van der Waals surface area contributed by atoms with Crippen molar-refractivity contribution in [2.24, 2.45) is 0 Å². The average Bonchev–Trinajstić information content (AvgIpc) is 2.25. The molecule has 84 valence electrons. The van der Waals surface area contributed by atoms with Crippen molar-refractivity contribution in [3.63, 3.8) is 0 Å². The van der Waals surface area contributed by atoms with Gasteiger partial charge in [-0.15, -0.1) is 0 Å². The number of Topliss-reactive ketones (excluding diaryl/α,β-unsaturated/α-hetero) is 1. The van der Waals surface area contributed by atoms with Crippen LogP contribution in [-0.4, -0.2) is 24.5 Å². The van der Waals surface area contributed by atoms with Crippen molar-refractivity contribution in [2.45, 2.75) is 13.8 Å². The standard InChI is InChI=1S/C11H12N2O3/c1-7-4-10(15-3)13-11(9(7)5-12)16-6-8(2)14/h4H,6H2,1-3H3. The quantitative estimate of drug-likeness (QED) is 0.763. The van der Waals surface area contributed by atoms with E-state index in [1.54, 1.807) is 13.0 Å². The largest absolute Gasteiger partial charge is 0.481 e. The molecule has 0 saturated heterocycles. The van der Waals surface area contributed by atoms with Crippen LogP contribution in [0.15, 0.2) is 6.07 Å². The first-order chi connectivity index (χ1) is 7.58. The minimum atomic E-state index is -0.133. The monoisotopic (exact) mass is 220 g/mol. The van der Waals surface area contributed by atoms with E-state index in [4.69, 9.17) is 14.7 Å². The zero-order valence-corrected chi connectivity index (χ0v) is 9.40. The van der Waals surface area contributed by atoms with Gasteiger partial charge in [0.2, 0.25) is 11.8 Å². The van der Waals surface area contributed by atoms with Crippen LogP contribution in [0, 0.1) is 18.3 Å². The third kappa shape index (κ3) is 2.70. The summed E-state index contributed by atoms with van der Waals surface area (Å²) in [5.41, 5.74) is 1.02. The maximum atomic E-state index is 10.8. The van der Waals surface area contributed by atoms with Crippen molar-refractivity contribution in [3.8, 4) is 17.8 Å². The SMILES string of the molecule is COc1cc(C)c(C#N)c(OCC(C)=O)n1. The van der Waals surface area contributed by atoms with Gasteiger partial charge in [-0.2, -0.15) is 10.2 Å². The van der Waals surface area contributed by atoms with E-state index in [9.17, 15) is 4.79 Å². The number of pyridine rings is 1. The number of nitrogens with zero attached hydrogens (tertiary/aromatic N) is 2. The Bertz CT molecular complexity index is 449. The van der Waals surface area contributed by atoms with E-state index in [1.807, 2.05) is 6.07 Å². The molecular formula is C11H12N2O3. The fourth-order valence-electron chi connectivity index (χ4n) is 1.13. The molecule has 0 fully saturated rings. The number of methoxy groups -OCH3 is 1. The van der Waals surface area contributed by atoms with Crippen molar-refractivity contribution in [1.29, 1.82) is 5.26 Å². The Morgan fingerprint density at radius 2 is 2.31 bits per heavy atom. The minimum Gasteiger partial charge on any atom is -0.481 e. The summed E-state index contributed by atoms with van der Waals surface area (Å²) in [7, 11) is 1.47. The lowest BCUT2D eigenvalue weighted by Crippen LogP contribution is -2.09. The number of carbonyl (C=O) groups excluding carboxylic acids is 1. The van der Waals surface area contributed by atoms with Crippen molar-refractivity contribution >= 4 is 5.78 Å². The molecule has 0 aliphatic rings. The highest BCUT2D eigenvalue weighted by atomic mass is 16.5. The normalized spacial score (nSPS) is 9.38. The lowest BCUT2D eigenvalue weighted by atomic mass is 10.2. The van der Waals surface area contributed by atoms with Crippen LogP contribution in [0.2, 0.25) is 0 Å². The molecule has 0 amide bonds. The van der Waals surface area contributed by atoms with Crippen molar-refractivity contribution in [2.75, 3.05) is 13.7 Å². The third-order valence-electron chi connectivity index (χ3n) is 1.89. The summed E-state index contributed by atoms with van der Waals surface area (Å²) in [6, 6.07) is 3.62. The number of carbonyl (C=O) groups is 1. The smallest absolute Gasteiger partial charge is 0.235 e. The van der Waals surface area contributed by atoms with Gasteiger partial charge < -0.3 is 9.47 Å². The fraction of sp³-hybridized carbons (Fsp3) is 0.364. The number of ketones is 1. The Kier molecular flexibility index (Phi) is 3.84. The van der Waals surface area contributed by atoms with E-state index in [-0.39, 0.29) is 18.3 Å². The number of nitriles is 1. The zero-order valence-electron chi connectivity index (χ0n) is 9.40. The topological polar surface area (TPSA) is 72.2 Å². The van der Waals surface area contributed by atoms with Crippen molar-refractivity contribution in [3.05, 3.63) is 17.2 Å². The molecule has 16 heavy (non-hydrogen) atoms. The molecule has 0 atom stereocenters. The molecule has 1 aromatic heterocycles. The van der Waals surface area contributed by atoms with E-state index in [0.29, 0.717) is 17.0 Å². The van der Waals surface area contributed by atoms with Crippen LogP contribution in [-0.2, 0) is 4.79 Å². The second kappa shape index (κ2) is 5.12. The van der Waals surface area contributed by atoms with Crippen molar-refractivity contribution < 1.29 is 14.3 Å². The summed E-state index contributed by atoms with van der Waals surface area (Å²) >= 11 is 0. The molecule has 0 radical (unpaired) electrons. The molecule has 0 spiro atoms. The molecule has 0 aromatic carbocycles. The van der Waals surface area contributed by atoms with E-state index in [0.717, 1.165) is 0 Å². The lowest BCUT2D eigenvalue weighted by molar-refractivity contribution is -0.119. The number of aryl methyl sites for hydroxylation is 1. The van der Waals surface area contributed by atoms with E-state index >= 15 is 0 Å². The lowest BCUT2D eigenvalue weighted by Gasteiger charge is -2.08. The van der Waals surface area contributed by atoms with Crippen LogP contribution in [0.5, 0.6) is 11.8 Å². The maximum absolute atomic E-state index is 10.8. The Labute approximate surface area is 93.6 Å². The van der Waals surface area contributed by atoms with Gasteiger partial charge in [-0.25, -0.2) is 0 Å². The first-order valence-corrected chi connectivity index (χ1v) is 4.66. The van der Waals surface area contributed by atoms with Crippen LogP contribution in [0.1, 0.15) is 18.1 Å². The zero-order chi connectivity index (χ0) is 12.1. The maximum Gasteiger partial charge on any atom is 0.235 e. The van der Waals surface area contributed by atoms with Gasteiger partial charge in [-0.3, -0.25) is 4.79 Å².